The van der Waals surface area contributed by atoms with Gasteiger partial charge in [-0.15, -0.1) is 0 Å². The van der Waals surface area contributed by atoms with Crippen molar-refractivity contribution in [1.82, 2.24) is 0 Å². The molecule has 0 heterocycles. The SMILES string of the molecule is CC(C(=O)OCC1CC1)c1cccc(N)c1. The third-order valence-electron chi connectivity index (χ3n) is 2.92. The van der Waals surface area contributed by atoms with Gasteiger partial charge in [0.2, 0.25) is 0 Å². The standard InChI is InChI=1S/C13H17NO2/c1-9(11-3-2-4-12(14)7-11)13(15)16-8-10-5-6-10/h2-4,7,9-10H,5-6,8,14H2,1H3. The van der Waals surface area contributed by atoms with E-state index < -0.39 is 0 Å². The van der Waals surface area contributed by atoms with Gasteiger partial charge in [0, 0.05) is 5.69 Å². The van der Waals surface area contributed by atoms with E-state index in [0.717, 1.165) is 5.56 Å². The lowest BCUT2D eigenvalue weighted by Crippen LogP contribution is -2.14. The van der Waals surface area contributed by atoms with Gasteiger partial charge in [0.05, 0.1) is 12.5 Å². The largest absolute Gasteiger partial charge is 0.465 e. The van der Waals surface area contributed by atoms with Crippen molar-refractivity contribution in [3.8, 4) is 0 Å². The van der Waals surface area contributed by atoms with E-state index in [1.807, 2.05) is 31.2 Å². The van der Waals surface area contributed by atoms with E-state index in [1.165, 1.54) is 12.8 Å². The molecule has 0 aliphatic heterocycles. The molecule has 2 rings (SSSR count). The lowest BCUT2D eigenvalue weighted by molar-refractivity contribution is -0.145. The van der Waals surface area contributed by atoms with Crippen molar-refractivity contribution >= 4 is 11.7 Å². The molecule has 3 nitrogen and oxygen atoms in total. The minimum Gasteiger partial charge on any atom is -0.465 e. The van der Waals surface area contributed by atoms with Crippen LogP contribution in [0.5, 0.6) is 0 Å². The van der Waals surface area contributed by atoms with Crippen LogP contribution >= 0.6 is 0 Å². The summed E-state index contributed by atoms with van der Waals surface area (Å²) >= 11 is 0. The van der Waals surface area contributed by atoms with E-state index in [-0.39, 0.29) is 11.9 Å². The Morgan fingerprint density at radius 1 is 1.56 bits per heavy atom. The molecule has 1 fully saturated rings. The van der Waals surface area contributed by atoms with Crippen molar-refractivity contribution in [2.45, 2.75) is 25.7 Å². The number of hydrogen-bond donors (Lipinski definition) is 1. The van der Waals surface area contributed by atoms with Gasteiger partial charge in [0.1, 0.15) is 0 Å². The van der Waals surface area contributed by atoms with Crippen LogP contribution < -0.4 is 5.73 Å². The Morgan fingerprint density at radius 3 is 2.94 bits per heavy atom. The van der Waals surface area contributed by atoms with Crippen molar-refractivity contribution in [2.75, 3.05) is 12.3 Å². The fourth-order valence-corrected chi connectivity index (χ4v) is 1.57. The normalized spacial score (nSPS) is 16.8. The summed E-state index contributed by atoms with van der Waals surface area (Å²) in [5.74, 6) is 0.219. The number of ether oxygens (including phenoxy) is 1. The Labute approximate surface area is 95.6 Å². The number of hydrogen-bond acceptors (Lipinski definition) is 3. The first kappa shape index (κ1) is 11.0. The molecule has 1 aliphatic rings. The summed E-state index contributed by atoms with van der Waals surface area (Å²) in [6, 6.07) is 7.39. The second kappa shape index (κ2) is 4.56. The number of nitrogens with two attached hydrogens (primary N) is 1. The minimum atomic E-state index is -0.234. The number of nitrogen functional groups attached to an aromatic ring is 1. The first-order valence-corrected chi connectivity index (χ1v) is 5.69. The van der Waals surface area contributed by atoms with E-state index in [9.17, 15) is 4.79 Å². The highest BCUT2D eigenvalue weighted by molar-refractivity contribution is 5.78. The van der Waals surface area contributed by atoms with Crippen LogP contribution in [0.3, 0.4) is 0 Å². The first-order valence-electron chi connectivity index (χ1n) is 5.69. The van der Waals surface area contributed by atoms with Crippen molar-refractivity contribution < 1.29 is 9.53 Å². The summed E-state index contributed by atoms with van der Waals surface area (Å²) < 4.78 is 5.24. The first-order chi connectivity index (χ1) is 7.66. The van der Waals surface area contributed by atoms with Crippen LogP contribution in [0.15, 0.2) is 24.3 Å². The van der Waals surface area contributed by atoms with Crippen molar-refractivity contribution in [3.63, 3.8) is 0 Å². The predicted molar refractivity (Wildman–Crippen MR) is 63.0 cm³/mol. The van der Waals surface area contributed by atoms with Gasteiger partial charge in [-0.25, -0.2) is 0 Å². The van der Waals surface area contributed by atoms with Gasteiger partial charge in [0.15, 0.2) is 0 Å². The number of anilines is 1. The Morgan fingerprint density at radius 2 is 2.31 bits per heavy atom. The lowest BCUT2D eigenvalue weighted by atomic mass is 10.0. The van der Waals surface area contributed by atoms with Gasteiger partial charge < -0.3 is 10.5 Å². The van der Waals surface area contributed by atoms with Crippen LogP contribution in [0.2, 0.25) is 0 Å². The van der Waals surface area contributed by atoms with Crippen molar-refractivity contribution in [3.05, 3.63) is 29.8 Å². The highest BCUT2D eigenvalue weighted by atomic mass is 16.5. The highest BCUT2D eigenvalue weighted by Crippen LogP contribution is 2.29. The third-order valence-corrected chi connectivity index (χ3v) is 2.92. The zero-order chi connectivity index (χ0) is 11.5. The number of benzene rings is 1. The zero-order valence-electron chi connectivity index (χ0n) is 9.48. The molecular weight excluding hydrogens is 202 g/mol. The average molecular weight is 219 g/mol. The second-order valence-corrected chi connectivity index (χ2v) is 4.47. The fourth-order valence-electron chi connectivity index (χ4n) is 1.57. The summed E-state index contributed by atoms with van der Waals surface area (Å²) in [7, 11) is 0. The Kier molecular flexibility index (Phi) is 3.13. The maximum atomic E-state index is 11.7. The molecule has 1 saturated carbocycles. The van der Waals surface area contributed by atoms with Crippen molar-refractivity contribution in [1.29, 1.82) is 0 Å². The maximum absolute atomic E-state index is 11.7. The molecule has 0 aromatic heterocycles. The molecule has 86 valence electrons. The fraction of sp³-hybridized carbons (Fsp3) is 0.462. The van der Waals surface area contributed by atoms with E-state index in [4.69, 9.17) is 10.5 Å². The molecule has 0 radical (unpaired) electrons. The van der Waals surface area contributed by atoms with Gasteiger partial charge in [-0.2, -0.15) is 0 Å². The molecule has 1 aliphatic carbocycles. The summed E-state index contributed by atoms with van der Waals surface area (Å²) in [6.45, 7) is 2.43. The number of esters is 1. The minimum absolute atomic E-state index is 0.155. The molecule has 16 heavy (non-hydrogen) atoms. The smallest absolute Gasteiger partial charge is 0.313 e. The molecular formula is C13H17NO2. The predicted octanol–water partition coefficient (Wildman–Crippen LogP) is 2.33. The summed E-state index contributed by atoms with van der Waals surface area (Å²) in [6.07, 6.45) is 2.39. The molecule has 0 amide bonds. The van der Waals surface area contributed by atoms with Crippen LogP contribution in [0, 0.1) is 5.92 Å². The monoisotopic (exact) mass is 219 g/mol. The molecule has 3 heteroatoms. The molecule has 1 unspecified atom stereocenters. The average Bonchev–Trinajstić information content (AvgIpc) is 3.08. The van der Waals surface area contributed by atoms with Crippen LogP contribution in [-0.2, 0) is 9.53 Å². The van der Waals surface area contributed by atoms with E-state index in [0.29, 0.717) is 18.2 Å². The Bertz CT molecular complexity index is 385. The zero-order valence-corrected chi connectivity index (χ0v) is 9.48. The molecule has 1 aromatic rings. The van der Waals surface area contributed by atoms with E-state index in [2.05, 4.69) is 0 Å². The van der Waals surface area contributed by atoms with Crippen molar-refractivity contribution in [2.24, 2.45) is 5.92 Å². The summed E-state index contributed by atoms with van der Waals surface area (Å²) in [4.78, 5) is 11.7. The van der Waals surface area contributed by atoms with Crippen LogP contribution in [-0.4, -0.2) is 12.6 Å². The summed E-state index contributed by atoms with van der Waals surface area (Å²) in [5.41, 5.74) is 7.27. The lowest BCUT2D eigenvalue weighted by Gasteiger charge is -2.11. The molecule has 0 bridgehead atoms. The molecule has 1 aromatic carbocycles. The topological polar surface area (TPSA) is 52.3 Å². The van der Waals surface area contributed by atoms with Gasteiger partial charge in [-0.1, -0.05) is 12.1 Å². The number of carbonyl (C=O) groups excluding carboxylic acids is 1. The van der Waals surface area contributed by atoms with Crippen LogP contribution in [0.1, 0.15) is 31.2 Å². The van der Waals surface area contributed by atoms with Crippen LogP contribution in [0.25, 0.3) is 0 Å². The van der Waals surface area contributed by atoms with E-state index in [1.54, 1.807) is 0 Å². The highest BCUT2D eigenvalue weighted by Gasteiger charge is 2.25. The third kappa shape index (κ3) is 2.75. The quantitative estimate of drug-likeness (QED) is 0.624. The van der Waals surface area contributed by atoms with Gasteiger partial charge in [-0.3, -0.25) is 4.79 Å². The van der Waals surface area contributed by atoms with Gasteiger partial charge in [0.25, 0.3) is 0 Å². The number of rotatable bonds is 4. The van der Waals surface area contributed by atoms with Crippen LogP contribution in [0.4, 0.5) is 5.69 Å². The molecule has 0 spiro atoms. The van der Waals surface area contributed by atoms with Gasteiger partial charge >= 0.3 is 5.97 Å². The molecule has 0 saturated heterocycles. The Hall–Kier alpha value is -1.51. The molecule has 2 N–H and O–H groups in total. The maximum Gasteiger partial charge on any atom is 0.313 e. The number of carbonyl (C=O) groups is 1. The molecule has 1 atom stereocenters. The van der Waals surface area contributed by atoms with Gasteiger partial charge in [-0.05, 0) is 43.4 Å². The summed E-state index contributed by atoms with van der Waals surface area (Å²) in [5, 5.41) is 0. The van der Waals surface area contributed by atoms with E-state index >= 15 is 0 Å². The second-order valence-electron chi connectivity index (χ2n) is 4.47. The Balaban J connectivity index is 1.94.